The lowest BCUT2D eigenvalue weighted by Crippen LogP contribution is -2.65. The van der Waals surface area contributed by atoms with E-state index in [1.165, 1.54) is 11.1 Å². The highest BCUT2D eigenvalue weighted by Gasteiger charge is 2.64. The summed E-state index contributed by atoms with van der Waals surface area (Å²) in [5.41, 5.74) is 3.46. The minimum absolute atomic E-state index is 0.184. The Morgan fingerprint density at radius 1 is 1.19 bits per heavy atom. The standard InChI is InChI=1S/C26H29NO4/c1-15(23(29-2)16-6-4-3-5-7-16)30-21-11-8-17-14-19-18-9-10-20(28)25-26(18,12-13-27-19)22(17)24(21)31-25/h3-8,11,15,18-19,23,25,27H,9-10,12-14H2,1-2H3/t15?,18-,19+,23?,25?,26-/m0/s1. The Kier molecular flexibility index (Phi) is 4.41. The lowest BCUT2D eigenvalue weighted by Gasteiger charge is -2.54. The first-order chi connectivity index (χ1) is 15.1. The van der Waals surface area contributed by atoms with Gasteiger partial charge in [0.1, 0.15) is 12.2 Å². The molecule has 2 aromatic carbocycles. The van der Waals surface area contributed by atoms with Crippen molar-refractivity contribution in [3.8, 4) is 11.5 Å². The van der Waals surface area contributed by atoms with Crippen molar-refractivity contribution >= 4 is 5.78 Å². The van der Waals surface area contributed by atoms with Crippen molar-refractivity contribution in [3.63, 3.8) is 0 Å². The molecule has 1 saturated carbocycles. The van der Waals surface area contributed by atoms with Gasteiger partial charge < -0.3 is 19.5 Å². The molecule has 0 radical (unpaired) electrons. The Labute approximate surface area is 183 Å². The number of ether oxygens (including phenoxy) is 3. The number of methoxy groups -OCH3 is 1. The van der Waals surface area contributed by atoms with Gasteiger partial charge in [0.2, 0.25) is 0 Å². The molecule has 5 heteroatoms. The highest BCUT2D eigenvalue weighted by Crippen LogP contribution is 2.62. The third-order valence-corrected chi connectivity index (χ3v) is 8.02. The molecule has 2 bridgehead atoms. The van der Waals surface area contributed by atoms with Crippen LogP contribution in [0.1, 0.15) is 49.0 Å². The molecule has 5 nitrogen and oxygen atoms in total. The molecular formula is C26H29NO4. The number of nitrogens with one attached hydrogen (secondary N) is 1. The van der Waals surface area contributed by atoms with Crippen LogP contribution in [0.3, 0.4) is 0 Å². The number of piperidine rings is 1. The summed E-state index contributed by atoms with van der Waals surface area (Å²) in [6.07, 6.45) is 2.76. The number of carbonyl (C=O) groups is 1. The number of benzene rings is 2. The molecule has 31 heavy (non-hydrogen) atoms. The Morgan fingerprint density at radius 2 is 2.03 bits per heavy atom. The van der Waals surface area contributed by atoms with E-state index in [4.69, 9.17) is 14.2 Å². The monoisotopic (exact) mass is 419 g/mol. The van der Waals surface area contributed by atoms with Crippen LogP contribution in [0.2, 0.25) is 0 Å². The summed E-state index contributed by atoms with van der Waals surface area (Å²) in [6.45, 7) is 2.97. The molecule has 1 saturated heterocycles. The summed E-state index contributed by atoms with van der Waals surface area (Å²) < 4.78 is 18.8. The van der Waals surface area contributed by atoms with Gasteiger partial charge in [-0.15, -0.1) is 0 Å². The van der Waals surface area contributed by atoms with Gasteiger partial charge in [0.25, 0.3) is 0 Å². The van der Waals surface area contributed by atoms with Gasteiger partial charge in [-0.2, -0.15) is 0 Å². The molecule has 1 N–H and O–H groups in total. The van der Waals surface area contributed by atoms with Gasteiger partial charge in [-0.1, -0.05) is 36.4 Å². The van der Waals surface area contributed by atoms with Gasteiger partial charge in [0.15, 0.2) is 23.4 Å². The van der Waals surface area contributed by atoms with Crippen LogP contribution < -0.4 is 14.8 Å². The summed E-state index contributed by atoms with van der Waals surface area (Å²) in [7, 11) is 1.71. The number of hydrogen-bond donors (Lipinski definition) is 1. The second kappa shape index (κ2) is 7.07. The van der Waals surface area contributed by atoms with Crippen molar-refractivity contribution in [1.29, 1.82) is 0 Å². The van der Waals surface area contributed by atoms with Gasteiger partial charge in [-0.3, -0.25) is 4.79 Å². The molecule has 6 rings (SSSR count). The average Bonchev–Trinajstić information content (AvgIpc) is 3.12. The Hall–Kier alpha value is -2.37. The van der Waals surface area contributed by atoms with Gasteiger partial charge in [0.05, 0.1) is 0 Å². The van der Waals surface area contributed by atoms with Gasteiger partial charge in [-0.05, 0) is 55.8 Å². The van der Waals surface area contributed by atoms with E-state index >= 15 is 0 Å². The molecule has 2 fully saturated rings. The molecule has 2 aromatic rings. The van der Waals surface area contributed by atoms with Crippen molar-refractivity contribution < 1.29 is 19.0 Å². The smallest absolute Gasteiger partial charge is 0.174 e. The van der Waals surface area contributed by atoms with Crippen LogP contribution >= 0.6 is 0 Å². The largest absolute Gasteiger partial charge is 0.484 e. The molecule has 162 valence electrons. The molecule has 6 atom stereocenters. The van der Waals surface area contributed by atoms with E-state index in [0.29, 0.717) is 18.4 Å². The maximum absolute atomic E-state index is 13.0. The summed E-state index contributed by atoms with van der Waals surface area (Å²) in [5.74, 6) is 2.25. The number of carbonyl (C=O) groups excluding carboxylic acids is 1. The van der Waals surface area contributed by atoms with Gasteiger partial charge >= 0.3 is 0 Å². The maximum Gasteiger partial charge on any atom is 0.174 e. The highest BCUT2D eigenvalue weighted by molar-refractivity contribution is 5.89. The van der Waals surface area contributed by atoms with E-state index < -0.39 is 0 Å². The molecule has 2 aliphatic carbocycles. The number of rotatable bonds is 5. The second-order valence-electron chi connectivity index (χ2n) is 9.48. The van der Waals surface area contributed by atoms with Crippen LogP contribution in [-0.2, 0) is 21.4 Å². The fourth-order valence-corrected chi connectivity index (χ4v) is 6.83. The zero-order chi connectivity index (χ0) is 21.2. The van der Waals surface area contributed by atoms with Gasteiger partial charge in [0, 0.05) is 30.6 Å². The number of hydrogen-bond acceptors (Lipinski definition) is 5. The van der Waals surface area contributed by atoms with E-state index in [-0.39, 0.29) is 29.5 Å². The third kappa shape index (κ3) is 2.66. The fourth-order valence-electron chi connectivity index (χ4n) is 6.83. The summed E-state index contributed by atoms with van der Waals surface area (Å²) in [5, 5.41) is 3.72. The van der Waals surface area contributed by atoms with Crippen molar-refractivity contribution in [2.24, 2.45) is 5.92 Å². The predicted octanol–water partition coefficient (Wildman–Crippen LogP) is 3.74. The van der Waals surface area contributed by atoms with E-state index in [2.05, 4.69) is 23.5 Å². The van der Waals surface area contributed by atoms with E-state index in [0.717, 1.165) is 42.9 Å². The van der Waals surface area contributed by atoms with Crippen molar-refractivity contribution in [3.05, 3.63) is 59.2 Å². The molecule has 2 aliphatic heterocycles. The molecule has 0 amide bonds. The van der Waals surface area contributed by atoms with Crippen LogP contribution in [0.5, 0.6) is 11.5 Å². The highest BCUT2D eigenvalue weighted by atomic mass is 16.6. The Bertz CT molecular complexity index is 1020. The zero-order valence-electron chi connectivity index (χ0n) is 18.1. The third-order valence-electron chi connectivity index (χ3n) is 8.02. The van der Waals surface area contributed by atoms with E-state index in [1.807, 2.05) is 31.2 Å². The van der Waals surface area contributed by atoms with Crippen LogP contribution in [0.4, 0.5) is 0 Å². The van der Waals surface area contributed by atoms with Crippen LogP contribution in [0, 0.1) is 5.92 Å². The van der Waals surface area contributed by atoms with Crippen LogP contribution in [0.25, 0.3) is 0 Å². The fraction of sp³-hybridized carbons (Fsp3) is 0.500. The first-order valence-electron chi connectivity index (χ1n) is 11.5. The van der Waals surface area contributed by atoms with Crippen molar-refractivity contribution in [2.45, 2.75) is 62.4 Å². The maximum atomic E-state index is 13.0. The summed E-state index contributed by atoms with van der Waals surface area (Å²) in [4.78, 5) is 13.0. The van der Waals surface area contributed by atoms with E-state index in [1.54, 1.807) is 7.11 Å². The zero-order valence-corrected chi connectivity index (χ0v) is 18.1. The SMILES string of the molecule is COC(c1ccccc1)C(C)Oc1ccc2c3c1OC1C(=O)CC[C@H]4[C@@H](C2)NCC[C@]314. The first kappa shape index (κ1) is 19.3. The normalized spacial score (nSPS) is 32.1. The quantitative estimate of drug-likeness (QED) is 0.800. The van der Waals surface area contributed by atoms with Crippen molar-refractivity contribution in [1.82, 2.24) is 5.32 Å². The lowest BCUT2D eigenvalue weighted by atomic mass is 9.52. The molecule has 3 unspecified atom stereocenters. The first-order valence-corrected chi connectivity index (χ1v) is 11.5. The molecule has 2 heterocycles. The molecular weight excluding hydrogens is 390 g/mol. The minimum Gasteiger partial charge on any atom is -0.484 e. The molecule has 4 aliphatic rings. The molecule has 1 spiro atoms. The average molecular weight is 420 g/mol. The lowest BCUT2D eigenvalue weighted by molar-refractivity contribution is -0.135. The number of Topliss-reactive ketones (excluding diaryl/α,β-unsaturated/α-hetero) is 1. The topological polar surface area (TPSA) is 56.8 Å². The van der Waals surface area contributed by atoms with Crippen LogP contribution in [-0.4, -0.2) is 37.7 Å². The summed E-state index contributed by atoms with van der Waals surface area (Å²) in [6, 6.07) is 14.8. The Morgan fingerprint density at radius 3 is 2.84 bits per heavy atom. The van der Waals surface area contributed by atoms with E-state index in [9.17, 15) is 4.79 Å². The van der Waals surface area contributed by atoms with Gasteiger partial charge in [-0.25, -0.2) is 0 Å². The Balaban J connectivity index is 1.40. The van der Waals surface area contributed by atoms with Crippen molar-refractivity contribution in [2.75, 3.05) is 13.7 Å². The summed E-state index contributed by atoms with van der Waals surface area (Å²) >= 11 is 0. The minimum atomic E-state index is -0.364. The van der Waals surface area contributed by atoms with Crippen LogP contribution in [0.15, 0.2) is 42.5 Å². The second-order valence-corrected chi connectivity index (χ2v) is 9.48. The number of ketones is 1. The predicted molar refractivity (Wildman–Crippen MR) is 117 cm³/mol. The molecule has 0 aromatic heterocycles.